The zero-order chi connectivity index (χ0) is 27.1. The van der Waals surface area contributed by atoms with Gasteiger partial charge in [-0.3, -0.25) is 19.2 Å². The van der Waals surface area contributed by atoms with Crippen molar-refractivity contribution < 1.29 is 23.9 Å². The fourth-order valence-electron chi connectivity index (χ4n) is 4.09. The van der Waals surface area contributed by atoms with Crippen LogP contribution in [0.1, 0.15) is 57.4 Å². The number of ether oxygens (including phenoxy) is 1. The predicted molar refractivity (Wildman–Crippen MR) is 135 cm³/mol. The number of nitrogens with zero attached hydrogens (tertiary/aromatic N) is 5. The SMILES string of the molecule is CC(C)(C)C(=O)OCn1nnc(C2N3C(=O)C(NC(=O)C(NC(=O)CN)c4cccs4)C3SC2(C)C)n1. The molecule has 2 aromatic heterocycles. The van der Waals surface area contributed by atoms with Crippen molar-refractivity contribution in [2.45, 2.75) is 69.6 Å². The molecule has 2 aliphatic heterocycles. The van der Waals surface area contributed by atoms with Crippen molar-refractivity contribution in [2.75, 3.05) is 6.54 Å². The molecule has 3 amide bonds. The Morgan fingerprint density at radius 1 is 1.30 bits per heavy atom. The van der Waals surface area contributed by atoms with Crippen LogP contribution >= 0.6 is 23.1 Å². The van der Waals surface area contributed by atoms with Crippen LogP contribution in [0.15, 0.2) is 17.5 Å². The van der Waals surface area contributed by atoms with E-state index in [1.165, 1.54) is 27.9 Å². The summed E-state index contributed by atoms with van der Waals surface area (Å²) in [5, 5.41) is 19.3. The summed E-state index contributed by atoms with van der Waals surface area (Å²) in [6, 6.07) is 1.28. The van der Waals surface area contributed by atoms with Crippen LogP contribution in [-0.2, 0) is 30.6 Å². The highest BCUT2D eigenvalue weighted by atomic mass is 32.2. The van der Waals surface area contributed by atoms with Crippen LogP contribution in [0.5, 0.6) is 0 Å². The number of thiophene rings is 1. The molecule has 0 saturated carbocycles. The lowest BCUT2D eigenvalue weighted by molar-refractivity contribution is -0.158. The minimum absolute atomic E-state index is 0.196. The van der Waals surface area contributed by atoms with E-state index >= 15 is 0 Å². The Labute approximate surface area is 221 Å². The number of hydrogen-bond donors (Lipinski definition) is 3. The number of hydrogen-bond acceptors (Lipinski definition) is 11. The first-order chi connectivity index (χ1) is 17.3. The molecule has 2 fully saturated rings. The number of β-lactam (4-membered cyclic amide) rings is 1. The van der Waals surface area contributed by atoms with Crippen molar-refractivity contribution in [3.8, 4) is 0 Å². The molecule has 37 heavy (non-hydrogen) atoms. The van der Waals surface area contributed by atoms with Crippen molar-refractivity contribution in [2.24, 2.45) is 11.1 Å². The van der Waals surface area contributed by atoms with Crippen molar-refractivity contribution >= 4 is 46.8 Å². The molecule has 0 bridgehead atoms. The van der Waals surface area contributed by atoms with Crippen molar-refractivity contribution in [1.29, 1.82) is 0 Å². The van der Waals surface area contributed by atoms with E-state index in [0.29, 0.717) is 10.7 Å². The number of thioether (sulfide) groups is 1. The number of nitrogens with two attached hydrogens (primary N) is 1. The van der Waals surface area contributed by atoms with Crippen LogP contribution in [0.25, 0.3) is 0 Å². The zero-order valence-corrected chi connectivity index (χ0v) is 22.8. The van der Waals surface area contributed by atoms with Gasteiger partial charge in [-0.1, -0.05) is 6.07 Å². The molecule has 4 unspecified atom stereocenters. The summed E-state index contributed by atoms with van der Waals surface area (Å²) in [5.41, 5.74) is 4.74. The first kappa shape index (κ1) is 27.0. The van der Waals surface area contributed by atoms with Crippen molar-refractivity contribution in [3.05, 3.63) is 28.2 Å². The van der Waals surface area contributed by atoms with E-state index in [4.69, 9.17) is 10.5 Å². The van der Waals surface area contributed by atoms with Gasteiger partial charge in [0.15, 0.2) is 5.82 Å². The largest absolute Gasteiger partial charge is 0.440 e. The number of rotatable bonds is 8. The van der Waals surface area contributed by atoms with Gasteiger partial charge in [0.2, 0.25) is 24.5 Å². The maximum Gasteiger partial charge on any atom is 0.313 e. The third-order valence-corrected chi connectivity index (χ3v) is 8.46. The molecular formula is C22H30N8O5S2. The van der Waals surface area contributed by atoms with Crippen molar-refractivity contribution in [3.63, 3.8) is 0 Å². The Bertz CT molecular complexity index is 1190. The highest BCUT2D eigenvalue weighted by Crippen LogP contribution is 2.56. The second-order valence-corrected chi connectivity index (χ2v) is 13.0. The summed E-state index contributed by atoms with van der Waals surface area (Å²) in [7, 11) is 0. The number of carbonyl (C=O) groups excluding carboxylic acids is 4. The highest BCUT2D eigenvalue weighted by molar-refractivity contribution is 8.01. The van der Waals surface area contributed by atoms with Crippen LogP contribution in [0.4, 0.5) is 0 Å². The number of fused-ring (bicyclic) bond motifs is 1. The van der Waals surface area contributed by atoms with E-state index in [9.17, 15) is 19.2 Å². The van der Waals surface area contributed by atoms with E-state index in [2.05, 4.69) is 26.0 Å². The average molecular weight is 551 g/mol. The molecule has 0 aromatic carbocycles. The molecule has 13 nitrogen and oxygen atoms in total. The maximum atomic E-state index is 13.2. The molecule has 4 atom stereocenters. The molecule has 4 N–H and O–H groups in total. The molecule has 0 radical (unpaired) electrons. The monoisotopic (exact) mass is 550 g/mol. The third kappa shape index (κ3) is 5.33. The van der Waals surface area contributed by atoms with E-state index in [0.717, 1.165) is 0 Å². The Kier molecular flexibility index (Phi) is 7.32. The minimum Gasteiger partial charge on any atom is -0.440 e. The number of esters is 1. The standard InChI is InChI=1S/C22H30N8O5S2/c1-21(2,3)20(34)35-10-29-27-16(26-28-29)15-22(4,5)37-19-14(18(33)30(15)19)25-17(32)13(24-12(31)9-23)11-7-6-8-36-11/h6-8,13-15,19H,9-10,23H2,1-5H3,(H,24,31)(H,25,32). The summed E-state index contributed by atoms with van der Waals surface area (Å²) in [5.74, 6) is -1.34. The number of aromatic nitrogens is 4. The summed E-state index contributed by atoms with van der Waals surface area (Å²) in [6.07, 6.45) is 0. The van der Waals surface area contributed by atoms with Crippen LogP contribution in [-0.4, -0.2) is 71.5 Å². The first-order valence-corrected chi connectivity index (χ1v) is 13.4. The van der Waals surface area contributed by atoms with Gasteiger partial charge in [0, 0.05) is 9.62 Å². The highest BCUT2D eigenvalue weighted by Gasteiger charge is 2.63. The second-order valence-electron chi connectivity index (χ2n) is 10.3. The van der Waals surface area contributed by atoms with Gasteiger partial charge in [0.05, 0.1) is 12.0 Å². The lowest BCUT2D eigenvalue weighted by atomic mass is 9.95. The van der Waals surface area contributed by atoms with Crippen LogP contribution in [0.3, 0.4) is 0 Å². The molecule has 4 heterocycles. The summed E-state index contributed by atoms with van der Waals surface area (Å²) < 4.78 is 4.75. The number of carbonyl (C=O) groups is 4. The van der Waals surface area contributed by atoms with Gasteiger partial charge in [0.1, 0.15) is 23.5 Å². The van der Waals surface area contributed by atoms with Gasteiger partial charge in [-0.15, -0.1) is 38.1 Å². The Morgan fingerprint density at radius 2 is 2.03 bits per heavy atom. The lowest BCUT2D eigenvalue weighted by Gasteiger charge is -2.44. The van der Waals surface area contributed by atoms with Crippen LogP contribution < -0.4 is 16.4 Å². The lowest BCUT2D eigenvalue weighted by Crippen LogP contribution is -2.68. The molecule has 15 heteroatoms. The molecule has 200 valence electrons. The van der Waals surface area contributed by atoms with Gasteiger partial charge < -0.3 is 26.0 Å². The van der Waals surface area contributed by atoms with Gasteiger partial charge in [-0.2, -0.15) is 0 Å². The summed E-state index contributed by atoms with van der Waals surface area (Å²) in [4.78, 5) is 53.7. The van der Waals surface area contributed by atoms with Gasteiger partial charge in [-0.25, -0.2) is 0 Å². The Hall–Kier alpha value is -3.04. The molecule has 0 spiro atoms. The Morgan fingerprint density at radius 3 is 2.65 bits per heavy atom. The second kappa shape index (κ2) is 10.0. The smallest absolute Gasteiger partial charge is 0.313 e. The Balaban J connectivity index is 1.45. The number of amides is 3. The number of nitrogens with one attached hydrogen (secondary N) is 2. The maximum absolute atomic E-state index is 13.2. The fourth-order valence-corrected chi connectivity index (χ4v) is 6.50. The van der Waals surface area contributed by atoms with E-state index in [1.54, 1.807) is 43.2 Å². The normalized spacial score (nSPS) is 23.1. The summed E-state index contributed by atoms with van der Waals surface area (Å²) in [6.45, 7) is 8.70. The van der Waals surface area contributed by atoms with Gasteiger partial charge >= 0.3 is 5.97 Å². The molecular weight excluding hydrogens is 520 g/mol. The van der Waals surface area contributed by atoms with Gasteiger partial charge in [-0.05, 0) is 51.3 Å². The minimum atomic E-state index is -0.953. The predicted octanol–water partition coefficient (Wildman–Crippen LogP) is 0.317. The average Bonchev–Trinajstić information content (AvgIpc) is 3.57. The number of tetrazole rings is 1. The molecule has 2 saturated heterocycles. The molecule has 4 rings (SSSR count). The topological polar surface area (TPSA) is 174 Å². The molecule has 2 aliphatic rings. The quantitative estimate of drug-likeness (QED) is 0.307. The first-order valence-electron chi connectivity index (χ1n) is 11.6. The zero-order valence-electron chi connectivity index (χ0n) is 21.1. The third-order valence-electron chi connectivity index (χ3n) is 5.96. The fraction of sp³-hybridized carbons (Fsp3) is 0.591. The van der Waals surface area contributed by atoms with Crippen LogP contribution in [0.2, 0.25) is 0 Å². The molecule has 2 aromatic rings. The molecule has 0 aliphatic carbocycles. The van der Waals surface area contributed by atoms with E-state index < -0.39 is 46.1 Å². The van der Waals surface area contributed by atoms with Crippen LogP contribution in [0, 0.1) is 5.41 Å². The van der Waals surface area contributed by atoms with E-state index in [1.807, 2.05) is 13.8 Å². The van der Waals surface area contributed by atoms with Crippen molar-refractivity contribution in [1.82, 2.24) is 35.7 Å². The van der Waals surface area contributed by atoms with E-state index in [-0.39, 0.29) is 24.6 Å². The summed E-state index contributed by atoms with van der Waals surface area (Å²) >= 11 is 2.83. The van der Waals surface area contributed by atoms with Gasteiger partial charge in [0.25, 0.3) is 0 Å².